The maximum atomic E-state index is 11.7. The van der Waals surface area contributed by atoms with Gasteiger partial charge in [0.15, 0.2) is 23.2 Å². The summed E-state index contributed by atoms with van der Waals surface area (Å²) in [6.45, 7) is 4.00. The van der Waals surface area contributed by atoms with Crippen LogP contribution < -0.4 is 23.7 Å². The number of methoxy groups -OCH3 is 2. The van der Waals surface area contributed by atoms with E-state index in [9.17, 15) is 10.2 Å². The van der Waals surface area contributed by atoms with Crippen LogP contribution in [-0.4, -0.2) is 42.7 Å². The van der Waals surface area contributed by atoms with Crippen LogP contribution in [0.1, 0.15) is 36.6 Å². The monoisotopic (exact) mass is 412 g/mol. The molecule has 0 bridgehead atoms. The highest BCUT2D eigenvalue weighted by Crippen LogP contribution is 2.55. The lowest BCUT2D eigenvalue weighted by atomic mass is 9.75. The van der Waals surface area contributed by atoms with Crippen molar-refractivity contribution in [3.05, 3.63) is 47.0 Å². The van der Waals surface area contributed by atoms with Crippen molar-refractivity contribution in [2.24, 2.45) is 0 Å². The molecule has 5 rings (SSSR count). The first-order valence-electron chi connectivity index (χ1n) is 9.80. The van der Waals surface area contributed by atoms with E-state index in [0.29, 0.717) is 39.9 Å². The van der Waals surface area contributed by atoms with Crippen LogP contribution in [0.2, 0.25) is 0 Å². The number of ether oxygens (including phenoxy) is 5. The first-order chi connectivity index (χ1) is 14.3. The molecule has 3 heterocycles. The van der Waals surface area contributed by atoms with Gasteiger partial charge in [0.2, 0.25) is 0 Å². The third-order valence-corrected chi connectivity index (χ3v) is 5.98. The third-order valence-electron chi connectivity index (χ3n) is 5.98. The number of aliphatic hydroxyl groups excluding tert-OH is 1. The topological polar surface area (TPSA) is 86.6 Å². The average Bonchev–Trinajstić information content (AvgIpc) is 2.73. The fourth-order valence-electron chi connectivity index (χ4n) is 4.38. The van der Waals surface area contributed by atoms with E-state index in [4.69, 9.17) is 23.7 Å². The van der Waals surface area contributed by atoms with E-state index >= 15 is 0 Å². The third kappa shape index (κ3) is 2.52. The lowest BCUT2D eigenvalue weighted by molar-refractivity contribution is -0.179. The van der Waals surface area contributed by atoms with Gasteiger partial charge in [0, 0.05) is 17.2 Å². The molecule has 0 aliphatic carbocycles. The van der Waals surface area contributed by atoms with Crippen molar-refractivity contribution in [2.45, 2.75) is 37.3 Å². The minimum atomic E-state index is -1.72. The average molecular weight is 412 g/mol. The van der Waals surface area contributed by atoms with Crippen molar-refractivity contribution in [3.8, 4) is 28.7 Å². The van der Waals surface area contributed by atoms with Gasteiger partial charge in [-0.05, 0) is 44.2 Å². The van der Waals surface area contributed by atoms with Gasteiger partial charge in [-0.2, -0.15) is 0 Å². The Labute approximate surface area is 174 Å². The predicted octanol–water partition coefficient (Wildman–Crippen LogP) is 2.96. The summed E-state index contributed by atoms with van der Waals surface area (Å²) in [4.78, 5) is 0. The summed E-state index contributed by atoms with van der Waals surface area (Å²) in [6, 6.07) is 6.81. The molecule has 2 N–H and O–H groups in total. The van der Waals surface area contributed by atoms with E-state index in [0.717, 1.165) is 5.56 Å². The van der Waals surface area contributed by atoms with Crippen molar-refractivity contribution in [1.82, 2.24) is 0 Å². The summed E-state index contributed by atoms with van der Waals surface area (Å²) in [6.07, 6.45) is 1.82. The quantitative estimate of drug-likeness (QED) is 0.784. The first kappa shape index (κ1) is 19.1. The molecule has 7 heteroatoms. The van der Waals surface area contributed by atoms with Crippen LogP contribution in [0, 0.1) is 0 Å². The van der Waals surface area contributed by atoms with Crippen molar-refractivity contribution in [1.29, 1.82) is 0 Å². The Balaban J connectivity index is 1.65. The molecule has 2 aromatic rings. The van der Waals surface area contributed by atoms with Crippen molar-refractivity contribution in [2.75, 3.05) is 20.8 Å². The number of fused-ring (bicyclic) bond motifs is 6. The van der Waals surface area contributed by atoms with Crippen molar-refractivity contribution >= 4 is 6.08 Å². The van der Waals surface area contributed by atoms with Crippen molar-refractivity contribution < 1.29 is 33.9 Å². The van der Waals surface area contributed by atoms with Gasteiger partial charge in [0.25, 0.3) is 0 Å². The Bertz CT molecular complexity index is 1060. The molecule has 158 valence electrons. The minimum absolute atomic E-state index is 0.0647. The Hall–Kier alpha value is -2.90. The van der Waals surface area contributed by atoms with E-state index in [2.05, 4.69) is 0 Å². The van der Waals surface area contributed by atoms with Crippen LogP contribution in [0.4, 0.5) is 0 Å². The molecule has 0 spiro atoms. The maximum absolute atomic E-state index is 11.7. The van der Waals surface area contributed by atoms with Crippen LogP contribution in [0.5, 0.6) is 28.7 Å². The second kappa shape index (κ2) is 6.30. The maximum Gasteiger partial charge on any atom is 0.168 e. The molecule has 0 radical (unpaired) electrons. The molecule has 0 aromatic heterocycles. The summed E-state index contributed by atoms with van der Waals surface area (Å²) in [5.74, 6) is 2.48. The number of aliphatic hydroxyl groups is 2. The Morgan fingerprint density at radius 2 is 1.80 bits per heavy atom. The summed E-state index contributed by atoms with van der Waals surface area (Å²) in [7, 11) is 3.04. The van der Waals surface area contributed by atoms with Crippen LogP contribution in [-0.2, 0) is 5.60 Å². The highest BCUT2D eigenvalue weighted by molar-refractivity contribution is 5.70. The molecule has 3 aliphatic rings. The van der Waals surface area contributed by atoms with Gasteiger partial charge >= 0.3 is 0 Å². The molecule has 3 aliphatic heterocycles. The normalized spacial score (nSPS) is 27.3. The molecular weight excluding hydrogens is 388 g/mol. The molecule has 0 unspecified atom stereocenters. The molecular formula is C23H24O7. The molecule has 7 nitrogen and oxygen atoms in total. The number of rotatable bonds is 2. The molecule has 0 saturated carbocycles. The Morgan fingerprint density at radius 1 is 1.07 bits per heavy atom. The second-order valence-corrected chi connectivity index (χ2v) is 8.28. The lowest BCUT2D eigenvalue weighted by Gasteiger charge is -2.47. The van der Waals surface area contributed by atoms with Gasteiger partial charge in [0.05, 0.1) is 19.8 Å². The molecule has 0 amide bonds. The first-order valence-corrected chi connectivity index (χ1v) is 9.80. The minimum Gasteiger partial charge on any atom is -0.493 e. The second-order valence-electron chi connectivity index (χ2n) is 8.28. The highest BCUT2D eigenvalue weighted by Gasteiger charge is 2.56. The molecule has 0 saturated heterocycles. The Morgan fingerprint density at radius 3 is 2.53 bits per heavy atom. The standard InChI is InChI=1S/C23H24O7/c1-22(2)8-7-12-15(30-22)6-5-13-20(12)29-19-11-28-16-10-18(27-4)17(26-3)9-14(16)23(19,25)21(13)24/h5-10,19,21,24-25H,11H2,1-4H3/t19-,21-,23-/m1/s1. The summed E-state index contributed by atoms with van der Waals surface area (Å²) in [5, 5.41) is 23.1. The van der Waals surface area contributed by atoms with Gasteiger partial charge in [-0.25, -0.2) is 0 Å². The predicted molar refractivity (Wildman–Crippen MR) is 108 cm³/mol. The fourth-order valence-corrected chi connectivity index (χ4v) is 4.38. The van der Waals surface area contributed by atoms with Gasteiger partial charge in [-0.15, -0.1) is 0 Å². The number of hydrogen-bond donors (Lipinski definition) is 2. The number of benzene rings is 2. The summed E-state index contributed by atoms with van der Waals surface area (Å²) >= 11 is 0. The van der Waals surface area contributed by atoms with E-state index in [1.165, 1.54) is 14.2 Å². The lowest BCUT2D eigenvalue weighted by Crippen LogP contribution is -2.56. The Kier molecular flexibility index (Phi) is 4.01. The van der Waals surface area contributed by atoms with Crippen LogP contribution in [0.3, 0.4) is 0 Å². The zero-order chi connectivity index (χ0) is 21.3. The smallest absolute Gasteiger partial charge is 0.168 e. The SMILES string of the molecule is COc1cc2c(cc1OC)[C@]1(O)[C@H](O)c3ccc4c(c3O[C@@H]1CO2)C=CC(C)(C)O4. The number of hydrogen-bond acceptors (Lipinski definition) is 7. The molecule has 3 atom stereocenters. The molecule has 2 aromatic carbocycles. The van der Waals surface area contributed by atoms with Crippen LogP contribution >= 0.6 is 0 Å². The molecule has 30 heavy (non-hydrogen) atoms. The van der Waals surface area contributed by atoms with E-state index < -0.39 is 23.4 Å². The highest BCUT2D eigenvalue weighted by atomic mass is 16.6. The zero-order valence-corrected chi connectivity index (χ0v) is 17.3. The van der Waals surface area contributed by atoms with Crippen LogP contribution in [0.25, 0.3) is 6.08 Å². The van der Waals surface area contributed by atoms with Crippen molar-refractivity contribution in [3.63, 3.8) is 0 Å². The largest absolute Gasteiger partial charge is 0.493 e. The van der Waals surface area contributed by atoms with Gasteiger partial charge < -0.3 is 33.9 Å². The van der Waals surface area contributed by atoms with E-state index in [1.807, 2.05) is 26.0 Å². The fraction of sp³-hybridized carbons (Fsp3) is 0.391. The summed E-state index contributed by atoms with van der Waals surface area (Å²) < 4.78 is 28.8. The molecule has 0 fully saturated rings. The van der Waals surface area contributed by atoms with Gasteiger partial charge in [-0.3, -0.25) is 0 Å². The van der Waals surface area contributed by atoms with Gasteiger partial charge in [0.1, 0.15) is 35.6 Å². The van der Waals surface area contributed by atoms with Gasteiger partial charge in [-0.1, -0.05) is 0 Å². The van der Waals surface area contributed by atoms with E-state index in [1.54, 1.807) is 24.3 Å². The summed E-state index contributed by atoms with van der Waals surface area (Å²) in [5.41, 5.74) is -0.528. The van der Waals surface area contributed by atoms with Crippen LogP contribution in [0.15, 0.2) is 30.3 Å². The van der Waals surface area contributed by atoms with E-state index in [-0.39, 0.29) is 6.61 Å². The zero-order valence-electron chi connectivity index (χ0n) is 17.3.